The molecule has 4 nitrogen and oxygen atoms in total. The van der Waals surface area contributed by atoms with E-state index in [4.69, 9.17) is 10.5 Å². The van der Waals surface area contributed by atoms with E-state index < -0.39 is 5.82 Å². The molecule has 112 valence electrons. The van der Waals surface area contributed by atoms with Crippen LogP contribution >= 0.6 is 0 Å². The van der Waals surface area contributed by atoms with Crippen molar-refractivity contribution in [1.29, 1.82) is 0 Å². The fourth-order valence-corrected chi connectivity index (χ4v) is 2.11. The third-order valence-electron chi connectivity index (χ3n) is 3.73. The van der Waals surface area contributed by atoms with Crippen LogP contribution in [-0.4, -0.2) is 25.1 Å². The first kappa shape index (κ1) is 16.4. The summed E-state index contributed by atoms with van der Waals surface area (Å²) in [5, 5.41) is 2.96. The van der Waals surface area contributed by atoms with Crippen LogP contribution in [0.25, 0.3) is 0 Å². The molecule has 0 aliphatic rings. The molecule has 0 atom stereocenters. The van der Waals surface area contributed by atoms with Gasteiger partial charge in [-0.1, -0.05) is 19.9 Å². The van der Waals surface area contributed by atoms with Gasteiger partial charge in [-0.2, -0.15) is 0 Å². The number of hydrogen-bond donors (Lipinski definition) is 2. The Morgan fingerprint density at radius 1 is 1.40 bits per heavy atom. The van der Waals surface area contributed by atoms with Crippen LogP contribution in [0.5, 0.6) is 5.75 Å². The number of carbonyl (C=O) groups is 1. The van der Waals surface area contributed by atoms with E-state index in [2.05, 4.69) is 5.32 Å². The molecule has 0 fully saturated rings. The van der Waals surface area contributed by atoms with Gasteiger partial charge in [-0.15, -0.1) is 0 Å². The monoisotopic (exact) mass is 282 g/mol. The summed E-state index contributed by atoms with van der Waals surface area (Å²) in [6, 6.07) is 4.53. The van der Waals surface area contributed by atoms with Gasteiger partial charge in [-0.3, -0.25) is 4.79 Å². The summed E-state index contributed by atoms with van der Waals surface area (Å²) < 4.78 is 18.4. The number of nitrogens with two attached hydrogens (primary N) is 1. The lowest BCUT2D eigenvalue weighted by Gasteiger charge is -2.31. The van der Waals surface area contributed by atoms with E-state index in [9.17, 15) is 9.18 Å². The van der Waals surface area contributed by atoms with Crippen molar-refractivity contribution in [2.24, 2.45) is 5.73 Å². The highest BCUT2D eigenvalue weighted by Gasteiger charge is 2.26. The Kier molecular flexibility index (Phi) is 5.95. The minimum absolute atomic E-state index is 0.128. The fourth-order valence-electron chi connectivity index (χ4n) is 2.11. The number of ether oxygens (including phenoxy) is 1. The predicted molar refractivity (Wildman–Crippen MR) is 77.2 cm³/mol. The predicted octanol–water partition coefficient (Wildman–Crippen LogP) is 2.01. The molecule has 0 aliphatic carbocycles. The van der Waals surface area contributed by atoms with Crippen molar-refractivity contribution in [3.63, 3.8) is 0 Å². The summed E-state index contributed by atoms with van der Waals surface area (Å²) in [5.74, 6) is -0.440. The van der Waals surface area contributed by atoms with Crippen LogP contribution in [0, 0.1) is 5.82 Å². The summed E-state index contributed by atoms with van der Waals surface area (Å²) in [7, 11) is 1.41. The largest absolute Gasteiger partial charge is 0.494 e. The molecule has 0 heterocycles. The Balaban J connectivity index is 2.73. The second-order valence-corrected chi connectivity index (χ2v) is 4.89. The van der Waals surface area contributed by atoms with E-state index in [0.29, 0.717) is 12.1 Å². The smallest absolute Gasteiger partial charge is 0.224 e. The number of halogens is 1. The zero-order valence-electron chi connectivity index (χ0n) is 12.3. The van der Waals surface area contributed by atoms with Gasteiger partial charge in [0.2, 0.25) is 5.91 Å². The minimum atomic E-state index is -0.464. The fraction of sp³-hybridized carbons (Fsp3) is 0.533. The molecule has 0 radical (unpaired) electrons. The molecule has 0 aliphatic heterocycles. The molecule has 3 N–H and O–H groups in total. The first-order chi connectivity index (χ1) is 9.50. The van der Waals surface area contributed by atoms with Crippen molar-refractivity contribution in [3.8, 4) is 5.75 Å². The van der Waals surface area contributed by atoms with Gasteiger partial charge in [0, 0.05) is 6.54 Å². The standard InChI is InChI=1S/C15H23FN2O2/c1-4-15(5-2,10-17)18-14(19)9-11-6-7-13(20-3)12(16)8-11/h6-8H,4-5,9-10,17H2,1-3H3,(H,18,19). The van der Waals surface area contributed by atoms with E-state index in [-0.39, 0.29) is 23.6 Å². The Morgan fingerprint density at radius 2 is 2.05 bits per heavy atom. The van der Waals surface area contributed by atoms with Gasteiger partial charge in [0.1, 0.15) is 0 Å². The minimum Gasteiger partial charge on any atom is -0.494 e. The van der Waals surface area contributed by atoms with Crippen molar-refractivity contribution in [2.75, 3.05) is 13.7 Å². The number of carbonyl (C=O) groups excluding carboxylic acids is 1. The summed E-state index contributed by atoms with van der Waals surface area (Å²) in [4.78, 5) is 12.1. The first-order valence-electron chi connectivity index (χ1n) is 6.83. The normalized spacial score (nSPS) is 11.2. The first-order valence-corrected chi connectivity index (χ1v) is 6.83. The molecule has 0 spiro atoms. The summed E-state index contributed by atoms with van der Waals surface area (Å²) in [5.41, 5.74) is 5.98. The maximum Gasteiger partial charge on any atom is 0.224 e. The Morgan fingerprint density at radius 3 is 2.50 bits per heavy atom. The highest BCUT2D eigenvalue weighted by molar-refractivity contribution is 5.79. The van der Waals surface area contributed by atoms with Crippen LogP contribution in [0.15, 0.2) is 18.2 Å². The van der Waals surface area contributed by atoms with E-state index >= 15 is 0 Å². The van der Waals surface area contributed by atoms with Crippen LogP contribution in [0.1, 0.15) is 32.3 Å². The maximum atomic E-state index is 13.6. The second-order valence-electron chi connectivity index (χ2n) is 4.89. The maximum absolute atomic E-state index is 13.6. The molecule has 0 bridgehead atoms. The van der Waals surface area contributed by atoms with Crippen LogP contribution < -0.4 is 15.8 Å². The lowest BCUT2D eigenvalue weighted by atomic mass is 9.92. The van der Waals surface area contributed by atoms with E-state index in [0.717, 1.165) is 12.8 Å². The van der Waals surface area contributed by atoms with Crippen molar-refractivity contribution < 1.29 is 13.9 Å². The number of hydrogen-bond acceptors (Lipinski definition) is 3. The molecule has 0 saturated heterocycles. The van der Waals surface area contributed by atoms with Crippen LogP contribution in [0.4, 0.5) is 4.39 Å². The Hall–Kier alpha value is -1.62. The average molecular weight is 282 g/mol. The molecule has 0 aromatic heterocycles. The number of benzene rings is 1. The van der Waals surface area contributed by atoms with E-state index in [1.54, 1.807) is 6.07 Å². The summed E-state index contributed by atoms with van der Waals surface area (Å²) >= 11 is 0. The van der Waals surface area contributed by atoms with Crippen molar-refractivity contribution >= 4 is 5.91 Å². The molecule has 1 aromatic rings. The topological polar surface area (TPSA) is 64.3 Å². The Labute approximate surface area is 119 Å². The second kappa shape index (κ2) is 7.24. The molecule has 1 aromatic carbocycles. The zero-order valence-corrected chi connectivity index (χ0v) is 12.3. The number of amides is 1. The van der Waals surface area contributed by atoms with Crippen LogP contribution in [-0.2, 0) is 11.2 Å². The number of methoxy groups -OCH3 is 1. The Bertz CT molecular complexity index is 451. The van der Waals surface area contributed by atoms with Gasteiger partial charge in [-0.05, 0) is 30.5 Å². The molecule has 0 saturated carbocycles. The molecule has 1 amide bonds. The number of nitrogens with one attached hydrogen (secondary N) is 1. The van der Waals surface area contributed by atoms with Crippen LogP contribution in [0.3, 0.4) is 0 Å². The summed E-state index contributed by atoms with van der Waals surface area (Å²) in [6.45, 7) is 4.37. The third kappa shape index (κ3) is 3.93. The highest BCUT2D eigenvalue weighted by atomic mass is 19.1. The highest BCUT2D eigenvalue weighted by Crippen LogP contribution is 2.18. The van der Waals surface area contributed by atoms with Gasteiger partial charge in [0.05, 0.1) is 19.1 Å². The lowest BCUT2D eigenvalue weighted by Crippen LogP contribution is -2.53. The molecular formula is C15H23FN2O2. The van der Waals surface area contributed by atoms with E-state index in [1.807, 2.05) is 13.8 Å². The third-order valence-corrected chi connectivity index (χ3v) is 3.73. The van der Waals surface area contributed by atoms with Crippen molar-refractivity contribution in [1.82, 2.24) is 5.32 Å². The average Bonchev–Trinajstić information content (AvgIpc) is 2.45. The van der Waals surface area contributed by atoms with Gasteiger partial charge in [-0.25, -0.2) is 4.39 Å². The molecule has 5 heteroatoms. The van der Waals surface area contributed by atoms with Gasteiger partial charge < -0.3 is 15.8 Å². The van der Waals surface area contributed by atoms with E-state index in [1.165, 1.54) is 19.2 Å². The SMILES string of the molecule is CCC(CC)(CN)NC(=O)Cc1ccc(OC)c(F)c1. The van der Waals surface area contributed by atoms with Gasteiger partial charge >= 0.3 is 0 Å². The zero-order chi connectivity index (χ0) is 15.2. The summed E-state index contributed by atoms with van der Waals surface area (Å²) in [6.07, 6.45) is 1.66. The van der Waals surface area contributed by atoms with Crippen molar-refractivity contribution in [2.45, 2.75) is 38.6 Å². The molecular weight excluding hydrogens is 259 g/mol. The van der Waals surface area contributed by atoms with Crippen LogP contribution in [0.2, 0.25) is 0 Å². The van der Waals surface area contributed by atoms with Gasteiger partial charge in [0.15, 0.2) is 11.6 Å². The number of rotatable bonds is 7. The molecule has 20 heavy (non-hydrogen) atoms. The quantitative estimate of drug-likeness (QED) is 0.804. The van der Waals surface area contributed by atoms with Gasteiger partial charge in [0.25, 0.3) is 0 Å². The molecule has 1 rings (SSSR count). The van der Waals surface area contributed by atoms with Crippen molar-refractivity contribution in [3.05, 3.63) is 29.6 Å². The lowest BCUT2D eigenvalue weighted by molar-refractivity contribution is -0.122. The molecule has 0 unspecified atom stereocenters.